The number of halogens is 1. The summed E-state index contributed by atoms with van der Waals surface area (Å²) in [6.45, 7) is 3.23. The van der Waals surface area contributed by atoms with Crippen LogP contribution < -0.4 is 4.74 Å². The van der Waals surface area contributed by atoms with Gasteiger partial charge in [-0.25, -0.2) is 4.39 Å². The fourth-order valence-corrected chi connectivity index (χ4v) is 1.33. The molecule has 0 bridgehead atoms. The molecular formula is C11H15FO3. The van der Waals surface area contributed by atoms with Gasteiger partial charge in [-0.1, -0.05) is 13.8 Å². The zero-order valence-corrected chi connectivity index (χ0v) is 9.04. The summed E-state index contributed by atoms with van der Waals surface area (Å²) in [6, 6.07) is 2.31. The van der Waals surface area contributed by atoms with E-state index in [1.807, 2.05) is 0 Å². The Morgan fingerprint density at radius 2 is 2.00 bits per heavy atom. The zero-order chi connectivity index (χ0) is 11.6. The number of hydrogen-bond donors (Lipinski definition) is 2. The van der Waals surface area contributed by atoms with Crippen LogP contribution in [-0.4, -0.2) is 23.9 Å². The van der Waals surface area contributed by atoms with Crippen LogP contribution in [0.15, 0.2) is 12.1 Å². The van der Waals surface area contributed by atoms with Gasteiger partial charge in [-0.2, -0.15) is 0 Å². The third-order valence-corrected chi connectivity index (χ3v) is 2.38. The van der Waals surface area contributed by atoms with Gasteiger partial charge in [-0.3, -0.25) is 0 Å². The highest BCUT2D eigenvalue weighted by molar-refractivity contribution is 5.49. The van der Waals surface area contributed by atoms with Gasteiger partial charge in [0.1, 0.15) is 5.82 Å². The highest BCUT2D eigenvalue weighted by Crippen LogP contribution is 2.38. The van der Waals surface area contributed by atoms with E-state index in [1.54, 1.807) is 13.8 Å². The number of ether oxygens (including phenoxy) is 1. The molecule has 0 radical (unpaired) electrons. The number of phenolic OH excluding ortho intramolecular Hbond substituents is 1. The maximum atomic E-state index is 13.2. The molecule has 84 valence electrons. The summed E-state index contributed by atoms with van der Waals surface area (Å²) in [5, 5.41) is 18.9. The Morgan fingerprint density at radius 3 is 2.47 bits per heavy atom. The summed E-state index contributed by atoms with van der Waals surface area (Å²) in [7, 11) is 1.35. The maximum absolute atomic E-state index is 13.2. The number of rotatable bonds is 3. The van der Waals surface area contributed by atoms with Gasteiger partial charge in [-0.05, 0) is 6.07 Å². The van der Waals surface area contributed by atoms with E-state index in [2.05, 4.69) is 0 Å². The van der Waals surface area contributed by atoms with E-state index < -0.39 is 11.2 Å². The molecule has 0 aromatic heterocycles. The molecule has 0 fully saturated rings. The number of aliphatic hydroxyl groups excluding tert-OH is 1. The molecule has 0 heterocycles. The Morgan fingerprint density at radius 1 is 1.40 bits per heavy atom. The minimum absolute atomic E-state index is 0.0755. The smallest absolute Gasteiger partial charge is 0.163 e. The van der Waals surface area contributed by atoms with Crippen molar-refractivity contribution in [1.82, 2.24) is 0 Å². The molecular weight excluding hydrogens is 199 g/mol. The van der Waals surface area contributed by atoms with Crippen LogP contribution in [0.25, 0.3) is 0 Å². The second kappa shape index (κ2) is 4.06. The molecule has 0 saturated carbocycles. The van der Waals surface area contributed by atoms with Gasteiger partial charge in [0.25, 0.3) is 0 Å². The second-order valence-electron chi connectivity index (χ2n) is 4.05. The van der Waals surface area contributed by atoms with Crippen molar-refractivity contribution < 1.29 is 19.3 Å². The maximum Gasteiger partial charge on any atom is 0.163 e. The van der Waals surface area contributed by atoms with E-state index in [-0.39, 0.29) is 18.1 Å². The van der Waals surface area contributed by atoms with Crippen LogP contribution in [0.2, 0.25) is 0 Å². The lowest BCUT2D eigenvalue weighted by Crippen LogP contribution is -2.22. The highest BCUT2D eigenvalue weighted by atomic mass is 19.1. The fourth-order valence-electron chi connectivity index (χ4n) is 1.33. The van der Waals surface area contributed by atoms with Gasteiger partial charge < -0.3 is 14.9 Å². The minimum atomic E-state index is -0.709. The summed E-state index contributed by atoms with van der Waals surface area (Å²) in [5.41, 5.74) is -0.374. The van der Waals surface area contributed by atoms with Gasteiger partial charge in [0.2, 0.25) is 0 Å². The number of hydrogen-bond acceptors (Lipinski definition) is 3. The van der Waals surface area contributed by atoms with Crippen molar-refractivity contribution in [1.29, 1.82) is 0 Å². The predicted octanol–water partition coefficient (Wildman–Crippen LogP) is 1.81. The van der Waals surface area contributed by atoms with Gasteiger partial charge in [0.05, 0.1) is 13.7 Å². The van der Waals surface area contributed by atoms with Gasteiger partial charge in [-0.15, -0.1) is 0 Å². The first-order chi connectivity index (χ1) is 6.92. The monoisotopic (exact) mass is 214 g/mol. The standard InChI is InChI=1S/C11H15FO3/c1-11(2,6-13)8-4-7(12)5-9(15-3)10(8)14/h4-5,13-14H,6H2,1-3H3. The van der Waals surface area contributed by atoms with Crippen molar-refractivity contribution in [2.75, 3.05) is 13.7 Å². The van der Waals surface area contributed by atoms with Crippen LogP contribution in [0.1, 0.15) is 19.4 Å². The number of aromatic hydroxyl groups is 1. The van der Waals surface area contributed by atoms with Crippen LogP contribution in [-0.2, 0) is 5.41 Å². The Bertz CT molecular complexity index is 361. The first-order valence-electron chi connectivity index (χ1n) is 4.60. The molecule has 1 rings (SSSR count). The largest absolute Gasteiger partial charge is 0.504 e. The summed E-state index contributed by atoms with van der Waals surface area (Å²) in [6.07, 6.45) is 0. The molecule has 0 saturated heterocycles. The van der Waals surface area contributed by atoms with Crippen LogP contribution in [0.5, 0.6) is 11.5 Å². The van der Waals surface area contributed by atoms with E-state index in [0.29, 0.717) is 5.56 Å². The average molecular weight is 214 g/mol. The molecule has 4 heteroatoms. The lowest BCUT2D eigenvalue weighted by atomic mass is 9.84. The van der Waals surface area contributed by atoms with E-state index in [9.17, 15) is 9.50 Å². The Hall–Kier alpha value is -1.29. The van der Waals surface area contributed by atoms with Crippen LogP contribution in [0, 0.1) is 5.82 Å². The molecule has 0 amide bonds. The molecule has 1 aromatic rings. The average Bonchev–Trinajstić information content (AvgIpc) is 2.20. The number of methoxy groups -OCH3 is 1. The van der Waals surface area contributed by atoms with Crippen molar-refractivity contribution in [3.8, 4) is 11.5 Å². The second-order valence-corrected chi connectivity index (χ2v) is 4.05. The van der Waals surface area contributed by atoms with Gasteiger partial charge >= 0.3 is 0 Å². The van der Waals surface area contributed by atoms with Crippen molar-refractivity contribution >= 4 is 0 Å². The van der Waals surface area contributed by atoms with Gasteiger partial charge in [0, 0.05) is 17.0 Å². The highest BCUT2D eigenvalue weighted by Gasteiger charge is 2.25. The summed E-state index contributed by atoms with van der Waals surface area (Å²) in [4.78, 5) is 0. The van der Waals surface area contributed by atoms with Crippen LogP contribution in [0.4, 0.5) is 4.39 Å². The quantitative estimate of drug-likeness (QED) is 0.806. The number of phenols is 1. The lowest BCUT2D eigenvalue weighted by Gasteiger charge is -2.24. The molecule has 0 spiro atoms. The van der Waals surface area contributed by atoms with E-state index >= 15 is 0 Å². The third kappa shape index (κ3) is 2.21. The molecule has 2 N–H and O–H groups in total. The molecule has 0 aliphatic rings. The van der Waals surface area contributed by atoms with Crippen molar-refractivity contribution in [2.45, 2.75) is 19.3 Å². The van der Waals surface area contributed by atoms with Crippen LogP contribution in [0.3, 0.4) is 0 Å². The number of aliphatic hydroxyl groups is 1. The Kier molecular flexibility index (Phi) is 3.19. The third-order valence-electron chi connectivity index (χ3n) is 2.38. The molecule has 0 aliphatic heterocycles. The van der Waals surface area contributed by atoms with Crippen molar-refractivity contribution in [3.63, 3.8) is 0 Å². The molecule has 1 aromatic carbocycles. The molecule has 3 nitrogen and oxygen atoms in total. The zero-order valence-electron chi connectivity index (χ0n) is 9.04. The molecule has 0 unspecified atom stereocenters. The SMILES string of the molecule is COc1cc(F)cc(C(C)(C)CO)c1O. The van der Waals surface area contributed by atoms with E-state index in [1.165, 1.54) is 13.2 Å². The van der Waals surface area contributed by atoms with E-state index in [4.69, 9.17) is 9.84 Å². The summed E-state index contributed by atoms with van der Waals surface area (Å²) < 4.78 is 18.0. The van der Waals surface area contributed by atoms with E-state index in [0.717, 1.165) is 6.07 Å². The lowest BCUT2D eigenvalue weighted by molar-refractivity contribution is 0.214. The summed E-state index contributed by atoms with van der Waals surface area (Å²) >= 11 is 0. The molecule has 0 atom stereocenters. The summed E-state index contributed by atoms with van der Waals surface area (Å²) in [5.74, 6) is -0.550. The van der Waals surface area contributed by atoms with Gasteiger partial charge in [0.15, 0.2) is 11.5 Å². The normalized spacial score (nSPS) is 11.5. The first-order valence-corrected chi connectivity index (χ1v) is 4.60. The first kappa shape index (κ1) is 11.8. The number of benzene rings is 1. The molecule has 15 heavy (non-hydrogen) atoms. The van der Waals surface area contributed by atoms with Crippen molar-refractivity contribution in [2.24, 2.45) is 0 Å². The van der Waals surface area contributed by atoms with Crippen LogP contribution >= 0.6 is 0 Å². The molecule has 0 aliphatic carbocycles. The topological polar surface area (TPSA) is 49.7 Å². The minimum Gasteiger partial charge on any atom is -0.504 e. The Labute approximate surface area is 88.1 Å². The fraction of sp³-hybridized carbons (Fsp3) is 0.455. The predicted molar refractivity (Wildman–Crippen MR) is 54.7 cm³/mol. The Balaban J connectivity index is 3.35. The van der Waals surface area contributed by atoms with Crippen molar-refractivity contribution in [3.05, 3.63) is 23.5 Å².